The summed E-state index contributed by atoms with van der Waals surface area (Å²) in [6.07, 6.45) is 0. The Morgan fingerprint density at radius 1 is 1.40 bits per heavy atom. The van der Waals surface area contributed by atoms with Crippen LogP contribution >= 0.6 is 15.9 Å². The largest absolute Gasteiger partial charge is 0.495 e. The Bertz CT molecular complexity index is 404. The number of methoxy groups -OCH3 is 2. The van der Waals surface area contributed by atoms with Crippen LogP contribution in [0.15, 0.2) is 10.5 Å². The van der Waals surface area contributed by atoms with Gasteiger partial charge in [0.15, 0.2) is 5.78 Å². The standard InChI is InChI=1S/C10H12BrNO3/c1-5(13)8-9(12)7(14-2)4-6(11)10(8)15-3/h4H,12H2,1-3H3. The van der Waals surface area contributed by atoms with Crippen LogP contribution in [0.2, 0.25) is 0 Å². The van der Waals surface area contributed by atoms with Gasteiger partial charge >= 0.3 is 0 Å². The molecule has 1 aromatic carbocycles. The molecule has 0 radical (unpaired) electrons. The molecule has 0 amide bonds. The van der Waals surface area contributed by atoms with Crippen LogP contribution in [0.3, 0.4) is 0 Å². The third-order valence-corrected chi connectivity index (χ3v) is 2.60. The molecule has 1 aromatic rings. The first-order chi connectivity index (χ1) is 7.02. The highest BCUT2D eigenvalue weighted by Crippen LogP contribution is 2.39. The second kappa shape index (κ2) is 4.53. The Hall–Kier alpha value is -1.23. The molecule has 0 aliphatic heterocycles. The number of halogens is 1. The van der Waals surface area contributed by atoms with Gasteiger partial charge in [-0.15, -0.1) is 0 Å². The molecule has 0 aromatic heterocycles. The third kappa shape index (κ3) is 2.07. The lowest BCUT2D eigenvalue weighted by atomic mass is 10.1. The number of Topliss-reactive ketones (excluding diaryl/α,β-unsaturated/α-hetero) is 1. The number of rotatable bonds is 3. The fourth-order valence-corrected chi connectivity index (χ4v) is 1.91. The van der Waals surface area contributed by atoms with Gasteiger partial charge in [-0.1, -0.05) is 0 Å². The summed E-state index contributed by atoms with van der Waals surface area (Å²) >= 11 is 3.29. The van der Waals surface area contributed by atoms with E-state index in [1.807, 2.05) is 0 Å². The van der Waals surface area contributed by atoms with E-state index in [1.165, 1.54) is 21.1 Å². The van der Waals surface area contributed by atoms with Gasteiger partial charge in [-0.3, -0.25) is 4.79 Å². The van der Waals surface area contributed by atoms with Crippen molar-refractivity contribution in [2.75, 3.05) is 20.0 Å². The molecule has 1 rings (SSSR count). The average molecular weight is 274 g/mol. The molecule has 2 N–H and O–H groups in total. The molecule has 0 aliphatic rings. The minimum absolute atomic E-state index is 0.163. The van der Waals surface area contributed by atoms with E-state index in [2.05, 4.69) is 15.9 Å². The highest BCUT2D eigenvalue weighted by atomic mass is 79.9. The van der Waals surface area contributed by atoms with Crippen molar-refractivity contribution in [1.29, 1.82) is 0 Å². The van der Waals surface area contributed by atoms with Crippen molar-refractivity contribution in [3.05, 3.63) is 16.1 Å². The van der Waals surface area contributed by atoms with E-state index >= 15 is 0 Å². The first kappa shape index (κ1) is 11.8. The lowest BCUT2D eigenvalue weighted by Gasteiger charge is -2.14. The third-order valence-electron chi connectivity index (χ3n) is 2.01. The molecule has 0 atom stereocenters. The topological polar surface area (TPSA) is 61.5 Å². The van der Waals surface area contributed by atoms with Gasteiger partial charge in [-0.2, -0.15) is 0 Å². The van der Waals surface area contributed by atoms with Crippen molar-refractivity contribution in [2.45, 2.75) is 6.92 Å². The summed E-state index contributed by atoms with van der Waals surface area (Å²) in [4.78, 5) is 11.4. The number of ketones is 1. The lowest BCUT2D eigenvalue weighted by Crippen LogP contribution is -2.05. The van der Waals surface area contributed by atoms with Gasteiger partial charge < -0.3 is 15.2 Å². The number of carbonyl (C=O) groups excluding carboxylic acids is 1. The number of benzene rings is 1. The molecule has 0 saturated heterocycles. The second-order valence-corrected chi connectivity index (χ2v) is 3.79. The first-order valence-corrected chi connectivity index (χ1v) is 5.03. The summed E-state index contributed by atoms with van der Waals surface area (Å²) in [5, 5.41) is 0. The molecule has 5 heteroatoms. The summed E-state index contributed by atoms with van der Waals surface area (Å²) in [6.45, 7) is 1.43. The Kier molecular flexibility index (Phi) is 3.57. The maximum absolute atomic E-state index is 11.4. The van der Waals surface area contributed by atoms with Crippen LogP contribution < -0.4 is 15.2 Å². The minimum atomic E-state index is -0.163. The van der Waals surface area contributed by atoms with Gasteiger partial charge in [0.05, 0.1) is 29.9 Å². The fraction of sp³-hybridized carbons (Fsp3) is 0.300. The molecule has 4 nitrogen and oxygen atoms in total. The summed E-state index contributed by atoms with van der Waals surface area (Å²) in [6, 6.07) is 1.67. The minimum Gasteiger partial charge on any atom is -0.495 e. The number of nitrogens with two attached hydrogens (primary N) is 1. The predicted octanol–water partition coefficient (Wildman–Crippen LogP) is 2.25. The van der Waals surface area contributed by atoms with Gasteiger partial charge in [0.25, 0.3) is 0 Å². The number of hydrogen-bond donors (Lipinski definition) is 1. The van der Waals surface area contributed by atoms with Crippen LogP contribution in [-0.2, 0) is 0 Å². The van der Waals surface area contributed by atoms with Crippen molar-refractivity contribution >= 4 is 27.4 Å². The molecular weight excluding hydrogens is 262 g/mol. The molecule has 0 unspecified atom stereocenters. The summed E-state index contributed by atoms with van der Waals surface area (Å²) < 4.78 is 10.8. The van der Waals surface area contributed by atoms with Gasteiger partial charge in [-0.25, -0.2) is 0 Å². The average Bonchev–Trinajstić information content (AvgIpc) is 2.19. The Labute approximate surface area is 96.5 Å². The molecule has 82 valence electrons. The van der Waals surface area contributed by atoms with Crippen LogP contribution in [0.4, 0.5) is 5.69 Å². The Morgan fingerprint density at radius 3 is 2.40 bits per heavy atom. The van der Waals surface area contributed by atoms with E-state index in [0.29, 0.717) is 27.2 Å². The van der Waals surface area contributed by atoms with Crippen LogP contribution in [0.1, 0.15) is 17.3 Å². The summed E-state index contributed by atoms with van der Waals surface area (Å²) in [7, 11) is 2.98. The van der Waals surface area contributed by atoms with Crippen LogP contribution in [0.5, 0.6) is 11.5 Å². The number of ether oxygens (including phenoxy) is 2. The number of anilines is 1. The van der Waals surface area contributed by atoms with Crippen molar-refractivity contribution < 1.29 is 14.3 Å². The number of hydrogen-bond acceptors (Lipinski definition) is 4. The smallest absolute Gasteiger partial charge is 0.165 e. The highest BCUT2D eigenvalue weighted by molar-refractivity contribution is 9.10. The van der Waals surface area contributed by atoms with Gasteiger partial charge in [-0.05, 0) is 22.9 Å². The zero-order chi connectivity index (χ0) is 11.6. The van der Waals surface area contributed by atoms with Crippen LogP contribution in [0.25, 0.3) is 0 Å². The molecule has 0 heterocycles. The lowest BCUT2D eigenvalue weighted by molar-refractivity contribution is 0.101. The van der Waals surface area contributed by atoms with Gasteiger partial charge in [0.1, 0.15) is 11.5 Å². The Morgan fingerprint density at radius 2 is 2.00 bits per heavy atom. The monoisotopic (exact) mass is 273 g/mol. The predicted molar refractivity (Wildman–Crippen MR) is 61.7 cm³/mol. The van der Waals surface area contributed by atoms with E-state index < -0.39 is 0 Å². The van der Waals surface area contributed by atoms with Gasteiger partial charge in [0.2, 0.25) is 0 Å². The zero-order valence-electron chi connectivity index (χ0n) is 8.76. The molecule has 0 bridgehead atoms. The first-order valence-electron chi connectivity index (χ1n) is 4.23. The molecule has 0 aliphatic carbocycles. The SMILES string of the molecule is COc1cc(Br)c(OC)c(C(C)=O)c1N. The number of nitrogen functional groups attached to an aromatic ring is 1. The number of carbonyl (C=O) groups is 1. The molecular formula is C10H12BrNO3. The zero-order valence-corrected chi connectivity index (χ0v) is 10.3. The fourth-order valence-electron chi connectivity index (χ4n) is 1.34. The summed E-state index contributed by atoms with van der Waals surface area (Å²) in [5.41, 5.74) is 6.43. The van der Waals surface area contributed by atoms with Crippen molar-refractivity contribution in [1.82, 2.24) is 0 Å². The molecule has 0 saturated carbocycles. The maximum Gasteiger partial charge on any atom is 0.165 e. The second-order valence-electron chi connectivity index (χ2n) is 2.94. The Balaban J connectivity index is 3.55. The molecule has 15 heavy (non-hydrogen) atoms. The quantitative estimate of drug-likeness (QED) is 0.678. The van der Waals surface area contributed by atoms with Crippen LogP contribution in [0, 0.1) is 0 Å². The van der Waals surface area contributed by atoms with E-state index in [1.54, 1.807) is 6.07 Å². The molecule has 0 spiro atoms. The van der Waals surface area contributed by atoms with Crippen LogP contribution in [-0.4, -0.2) is 20.0 Å². The normalized spacial score (nSPS) is 9.87. The van der Waals surface area contributed by atoms with Crippen molar-refractivity contribution in [2.24, 2.45) is 0 Å². The van der Waals surface area contributed by atoms with E-state index in [-0.39, 0.29) is 5.78 Å². The van der Waals surface area contributed by atoms with E-state index in [9.17, 15) is 4.79 Å². The highest BCUT2D eigenvalue weighted by Gasteiger charge is 2.19. The maximum atomic E-state index is 11.4. The van der Waals surface area contributed by atoms with E-state index in [0.717, 1.165) is 0 Å². The van der Waals surface area contributed by atoms with Crippen molar-refractivity contribution in [3.63, 3.8) is 0 Å². The van der Waals surface area contributed by atoms with E-state index in [4.69, 9.17) is 15.2 Å². The molecule has 0 fully saturated rings. The van der Waals surface area contributed by atoms with Gasteiger partial charge in [0, 0.05) is 6.07 Å². The van der Waals surface area contributed by atoms with Crippen molar-refractivity contribution in [3.8, 4) is 11.5 Å². The summed E-state index contributed by atoms with van der Waals surface area (Å²) in [5.74, 6) is 0.720.